The zero-order valence-corrected chi connectivity index (χ0v) is 26.7. The molecule has 41 heavy (non-hydrogen) atoms. The maximum Gasteiger partial charge on any atom is 0.312 e. The van der Waals surface area contributed by atoms with Crippen LogP contribution in [0, 0.1) is 17.8 Å². The summed E-state index contributed by atoms with van der Waals surface area (Å²) in [4.78, 5) is 57.3. The first-order valence-electron chi connectivity index (χ1n) is 14.4. The SMILES string of the molecule is C=CCCC(=O)NC[C@@H](C)OC(=O)[C@@H]1[C@H]2O[C@@]3(CC2Br)[C@H](C(=O)N(CC=C)C(C)(C)C)N([C@@H](CO)C(C)C)C(=O)[C@@H]13. The van der Waals surface area contributed by atoms with Crippen LogP contribution in [0.1, 0.15) is 60.8 Å². The molecular weight excluding hydrogens is 594 g/mol. The van der Waals surface area contributed by atoms with E-state index in [1.165, 1.54) is 4.90 Å². The van der Waals surface area contributed by atoms with Crippen LogP contribution in [-0.4, -0.2) is 98.6 Å². The number of nitrogens with one attached hydrogen (secondary N) is 1. The van der Waals surface area contributed by atoms with Crippen LogP contribution in [0.5, 0.6) is 0 Å². The summed E-state index contributed by atoms with van der Waals surface area (Å²) in [5.41, 5.74) is -1.86. The molecule has 230 valence electrons. The molecule has 10 nitrogen and oxygen atoms in total. The molecule has 2 N–H and O–H groups in total. The average molecular weight is 641 g/mol. The lowest BCUT2D eigenvalue weighted by atomic mass is 9.70. The van der Waals surface area contributed by atoms with E-state index < -0.39 is 59.1 Å². The second-order valence-corrected chi connectivity index (χ2v) is 13.9. The van der Waals surface area contributed by atoms with E-state index >= 15 is 0 Å². The molecule has 3 heterocycles. The lowest BCUT2D eigenvalue weighted by Gasteiger charge is -2.44. The third-order valence-electron chi connectivity index (χ3n) is 8.41. The van der Waals surface area contributed by atoms with Crippen molar-refractivity contribution in [1.82, 2.24) is 15.1 Å². The average Bonchev–Trinajstić information content (AvgIpc) is 3.47. The van der Waals surface area contributed by atoms with Crippen molar-refractivity contribution >= 4 is 39.6 Å². The molecule has 8 atom stereocenters. The molecule has 3 amide bonds. The van der Waals surface area contributed by atoms with Crippen molar-refractivity contribution in [2.45, 2.75) is 101 Å². The number of hydrogen-bond donors (Lipinski definition) is 2. The summed E-state index contributed by atoms with van der Waals surface area (Å²) in [5, 5.41) is 13.1. The van der Waals surface area contributed by atoms with Crippen LogP contribution in [0.3, 0.4) is 0 Å². The predicted molar refractivity (Wildman–Crippen MR) is 158 cm³/mol. The van der Waals surface area contributed by atoms with Gasteiger partial charge in [0, 0.05) is 23.3 Å². The Hall–Kier alpha value is -2.24. The zero-order chi connectivity index (χ0) is 30.9. The van der Waals surface area contributed by atoms with Gasteiger partial charge in [0.15, 0.2) is 0 Å². The molecule has 0 aromatic rings. The van der Waals surface area contributed by atoms with Crippen molar-refractivity contribution in [3.05, 3.63) is 25.3 Å². The number of amides is 3. The standard InChI is InChI=1S/C30H46BrN3O7/c1-9-11-12-21(36)32-15-18(5)40-28(39)22-23-26(37)34(20(16-35)17(3)4)25(30(23)14-19(31)24(22)41-30)27(38)33(13-10-2)29(6,7)8/h9-10,17-20,22-25,35H,1-2,11-16H2,3-8H3,(H,32,36)/t18-,19?,20+,22+,23-,24+,25+,30-/m1/s1. The largest absolute Gasteiger partial charge is 0.460 e. The minimum atomic E-state index is -1.27. The number of aliphatic hydroxyl groups is 1. The fourth-order valence-corrected chi connectivity index (χ4v) is 7.41. The number of esters is 1. The molecule has 3 aliphatic rings. The summed E-state index contributed by atoms with van der Waals surface area (Å²) in [5.74, 6) is -3.54. The van der Waals surface area contributed by atoms with E-state index in [2.05, 4.69) is 34.4 Å². The molecule has 3 aliphatic heterocycles. The van der Waals surface area contributed by atoms with Gasteiger partial charge in [0.05, 0.1) is 37.1 Å². The van der Waals surface area contributed by atoms with Gasteiger partial charge >= 0.3 is 5.97 Å². The molecule has 0 aliphatic carbocycles. The highest BCUT2D eigenvalue weighted by molar-refractivity contribution is 9.09. The number of likely N-dealkylation sites (tertiary alicyclic amines) is 1. The number of fused-ring (bicyclic) bond motifs is 1. The van der Waals surface area contributed by atoms with Gasteiger partial charge in [0.1, 0.15) is 17.7 Å². The highest BCUT2D eigenvalue weighted by Crippen LogP contribution is 2.61. The summed E-state index contributed by atoms with van der Waals surface area (Å²) in [7, 11) is 0. The Morgan fingerprint density at radius 2 is 1.93 bits per heavy atom. The van der Waals surface area contributed by atoms with Crippen LogP contribution < -0.4 is 5.32 Å². The monoisotopic (exact) mass is 639 g/mol. The minimum absolute atomic E-state index is 0.122. The number of allylic oxidation sites excluding steroid dienone is 1. The predicted octanol–water partition coefficient (Wildman–Crippen LogP) is 2.58. The summed E-state index contributed by atoms with van der Waals surface area (Å²) < 4.78 is 12.3. The number of aliphatic hydroxyl groups excluding tert-OH is 1. The molecule has 3 rings (SSSR count). The Balaban J connectivity index is 1.98. The highest BCUT2D eigenvalue weighted by atomic mass is 79.9. The topological polar surface area (TPSA) is 125 Å². The van der Waals surface area contributed by atoms with Gasteiger partial charge in [-0.3, -0.25) is 19.2 Å². The molecule has 1 unspecified atom stereocenters. The smallest absolute Gasteiger partial charge is 0.312 e. The molecule has 0 radical (unpaired) electrons. The van der Waals surface area contributed by atoms with Gasteiger partial charge in [0.25, 0.3) is 0 Å². The van der Waals surface area contributed by atoms with Crippen molar-refractivity contribution in [2.75, 3.05) is 19.7 Å². The van der Waals surface area contributed by atoms with Crippen LogP contribution in [-0.2, 0) is 28.7 Å². The maximum absolute atomic E-state index is 14.4. The van der Waals surface area contributed by atoms with E-state index in [0.717, 1.165) is 0 Å². The number of carbonyl (C=O) groups excluding carboxylic acids is 4. The van der Waals surface area contributed by atoms with Gasteiger partial charge in [-0.15, -0.1) is 13.2 Å². The molecule has 11 heteroatoms. The first-order chi connectivity index (χ1) is 19.2. The van der Waals surface area contributed by atoms with Gasteiger partial charge in [0.2, 0.25) is 17.7 Å². The third kappa shape index (κ3) is 6.27. The molecule has 3 saturated heterocycles. The van der Waals surface area contributed by atoms with E-state index in [4.69, 9.17) is 9.47 Å². The number of carbonyl (C=O) groups is 4. The van der Waals surface area contributed by atoms with Crippen molar-refractivity contribution in [3.63, 3.8) is 0 Å². The molecule has 0 aromatic heterocycles. The first kappa shape index (κ1) is 33.3. The van der Waals surface area contributed by atoms with Gasteiger partial charge in [-0.1, -0.05) is 41.9 Å². The number of alkyl halides is 1. The van der Waals surface area contributed by atoms with Crippen LogP contribution in [0.4, 0.5) is 0 Å². The fraction of sp³-hybridized carbons (Fsp3) is 0.733. The van der Waals surface area contributed by atoms with E-state index in [9.17, 15) is 24.3 Å². The molecule has 0 aromatic carbocycles. The summed E-state index contributed by atoms with van der Waals surface area (Å²) >= 11 is 3.66. The molecule has 3 fully saturated rings. The molecule has 2 bridgehead atoms. The van der Waals surface area contributed by atoms with Gasteiger partial charge in [-0.05, 0) is 46.5 Å². The van der Waals surface area contributed by atoms with E-state index in [0.29, 0.717) is 12.8 Å². The van der Waals surface area contributed by atoms with E-state index in [1.54, 1.807) is 24.0 Å². The fourth-order valence-electron chi connectivity index (χ4n) is 6.46. The number of rotatable bonds is 13. The quantitative estimate of drug-likeness (QED) is 0.180. The Kier molecular flexibility index (Phi) is 10.5. The zero-order valence-electron chi connectivity index (χ0n) is 25.1. The van der Waals surface area contributed by atoms with Crippen LogP contribution in [0.2, 0.25) is 0 Å². The van der Waals surface area contributed by atoms with Crippen molar-refractivity contribution in [1.29, 1.82) is 0 Å². The van der Waals surface area contributed by atoms with Crippen LogP contribution >= 0.6 is 15.9 Å². The van der Waals surface area contributed by atoms with Gasteiger partial charge in [-0.25, -0.2) is 0 Å². The maximum atomic E-state index is 14.4. The second kappa shape index (κ2) is 13.0. The Bertz CT molecular complexity index is 1040. The molecular formula is C30H46BrN3O7. The molecule has 0 saturated carbocycles. The first-order valence-corrected chi connectivity index (χ1v) is 15.3. The summed E-state index contributed by atoms with van der Waals surface area (Å²) in [6.07, 6.45) is 3.17. The number of hydrogen-bond acceptors (Lipinski definition) is 7. The van der Waals surface area contributed by atoms with Crippen molar-refractivity contribution in [3.8, 4) is 0 Å². The van der Waals surface area contributed by atoms with E-state index in [-0.39, 0.29) is 48.7 Å². The van der Waals surface area contributed by atoms with Gasteiger partial charge < -0.3 is 29.7 Å². The normalized spacial score (nSPS) is 30.1. The molecule has 1 spiro atoms. The minimum Gasteiger partial charge on any atom is -0.460 e. The summed E-state index contributed by atoms with van der Waals surface area (Å²) in [6, 6.07) is -1.69. The highest BCUT2D eigenvalue weighted by Gasteiger charge is 2.77. The van der Waals surface area contributed by atoms with Crippen LogP contribution in [0.25, 0.3) is 0 Å². The lowest BCUT2D eigenvalue weighted by molar-refractivity contribution is -0.160. The van der Waals surface area contributed by atoms with Gasteiger partial charge in [-0.2, -0.15) is 0 Å². The Morgan fingerprint density at radius 1 is 1.27 bits per heavy atom. The number of ether oxygens (including phenoxy) is 2. The second-order valence-electron chi connectivity index (χ2n) is 12.7. The number of nitrogens with zero attached hydrogens (tertiary/aromatic N) is 2. The van der Waals surface area contributed by atoms with Crippen molar-refractivity contribution < 1.29 is 33.8 Å². The Labute approximate surface area is 252 Å². The van der Waals surface area contributed by atoms with Crippen LogP contribution in [0.15, 0.2) is 25.3 Å². The van der Waals surface area contributed by atoms with Crippen molar-refractivity contribution in [2.24, 2.45) is 17.8 Å². The Morgan fingerprint density at radius 3 is 2.46 bits per heavy atom. The summed E-state index contributed by atoms with van der Waals surface area (Å²) in [6.45, 7) is 18.6. The third-order valence-corrected chi connectivity index (χ3v) is 9.26. The lowest BCUT2D eigenvalue weighted by Crippen LogP contribution is -2.62. The number of halogens is 1. The van der Waals surface area contributed by atoms with E-state index in [1.807, 2.05) is 34.6 Å².